The molecule has 0 unspecified atom stereocenters. The standard InChI is InChI=1S/C25H29N3O4/c1-24(2,3)32-23(29)28-14-19(31-25(16-28)7-8-25)15-30-22-12-18(17-6-10-26-13-17)11-21-20(22)5-4-9-27-21/h4-6,9-13,19,26H,7-8,14-16H2,1-3H3/t19-/m0/s1. The average Bonchev–Trinajstić information content (AvgIpc) is 3.25. The Morgan fingerprint density at radius 2 is 2.12 bits per heavy atom. The molecule has 1 saturated carbocycles. The minimum absolute atomic E-state index is 0.221. The van der Waals surface area contributed by atoms with Gasteiger partial charge in [0.15, 0.2) is 0 Å². The van der Waals surface area contributed by atoms with Gasteiger partial charge in [0.1, 0.15) is 24.1 Å². The Kier molecular flexibility index (Phi) is 5.08. The summed E-state index contributed by atoms with van der Waals surface area (Å²) in [5, 5.41) is 0.952. The monoisotopic (exact) mass is 435 g/mol. The average molecular weight is 436 g/mol. The topological polar surface area (TPSA) is 76.7 Å². The predicted octanol–water partition coefficient (Wildman–Crippen LogP) is 4.78. The summed E-state index contributed by atoms with van der Waals surface area (Å²) < 4.78 is 18.2. The summed E-state index contributed by atoms with van der Waals surface area (Å²) in [6.07, 6.45) is 7.04. The van der Waals surface area contributed by atoms with Gasteiger partial charge in [-0.1, -0.05) is 0 Å². The zero-order valence-corrected chi connectivity index (χ0v) is 18.8. The quantitative estimate of drug-likeness (QED) is 0.638. The van der Waals surface area contributed by atoms with Gasteiger partial charge in [-0.25, -0.2) is 4.79 Å². The van der Waals surface area contributed by atoms with Crippen LogP contribution in [0.15, 0.2) is 48.9 Å². The first-order chi connectivity index (χ1) is 15.3. The van der Waals surface area contributed by atoms with E-state index in [0.717, 1.165) is 40.6 Å². The van der Waals surface area contributed by atoms with Crippen molar-refractivity contribution in [3.8, 4) is 16.9 Å². The number of aromatic amines is 1. The Morgan fingerprint density at radius 3 is 2.84 bits per heavy atom. The van der Waals surface area contributed by atoms with Crippen LogP contribution in [0, 0.1) is 0 Å². The van der Waals surface area contributed by atoms with Gasteiger partial charge in [0, 0.05) is 24.0 Å². The first kappa shape index (κ1) is 20.8. The number of amides is 1. The molecule has 2 aromatic heterocycles. The van der Waals surface area contributed by atoms with E-state index in [1.807, 2.05) is 57.4 Å². The van der Waals surface area contributed by atoms with Crippen molar-refractivity contribution in [3.05, 3.63) is 48.9 Å². The number of morpholine rings is 1. The molecular formula is C25H29N3O4. The van der Waals surface area contributed by atoms with Crippen LogP contribution >= 0.6 is 0 Å². The molecule has 1 spiro atoms. The number of rotatable bonds is 4. The van der Waals surface area contributed by atoms with E-state index in [1.54, 1.807) is 11.1 Å². The van der Waals surface area contributed by atoms with E-state index in [1.165, 1.54) is 0 Å². The molecular weight excluding hydrogens is 406 g/mol. The van der Waals surface area contributed by atoms with Gasteiger partial charge in [-0.2, -0.15) is 0 Å². The van der Waals surface area contributed by atoms with E-state index >= 15 is 0 Å². The van der Waals surface area contributed by atoms with Crippen molar-refractivity contribution in [2.24, 2.45) is 0 Å². The number of hydrogen-bond acceptors (Lipinski definition) is 5. The van der Waals surface area contributed by atoms with E-state index in [9.17, 15) is 4.79 Å². The Hall–Kier alpha value is -3.06. The highest BCUT2D eigenvalue weighted by molar-refractivity contribution is 5.90. The fraction of sp³-hybridized carbons (Fsp3) is 0.440. The number of carbonyl (C=O) groups is 1. The van der Waals surface area contributed by atoms with E-state index in [-0.39, 0.29) is 17.8 Å². The molecule has 1 N–H and O–H groups in total. The molecule has 1 atom stereocenters. The van der Waals surface area contributed by atoms with Gasteiger partial charge >= 0.3 is 6.09 Å². The lowest BCUT2D eigenvalue weighted by atomic mass is 10.1. The maximum absolute atomic E-state index is 12.7. The SMILES string of the molecule is CC(C)(C)OC(=O)N1C[C@@H](COc2cc(-c3cc[nH]c3)cc3ncccc23)OC2(CC2)C1. The second-order valence-corrected chi connectivity index (χ2v) is 9.74. The van der Waals surface area contributed by atoms with Crippen LogP contribution in [0.25, 0.3) is 22.0 Å². The number of pyridine rings is 1. The molecule has 2 aliphatic rings. The molecule has 0 radical (unpaired) electrons. The third-order valence-electron chi connectivity index (χ3n) is 5.82. The molecule has 0 bridgehead atoms. The number of carbonyl (C=O) groups excluding carboxylic acids is 1. The van der Waals surface area contributed by atoms with E-state index < -0.39 is 5.60 Å². The van der Waals surface area contributed by atoms with Crippen molar-refractivity contribution in [3.63, 3.8) is 0 Å². The van der Waals surface area contributed by atoms with Crippen molar-refractivity contribution < 1.29 is 19.0 Å². The fourth-order valence-corrected chi connectivity index (χ4v) is 4.18. The molecule has 3 aromatic rings. The summed E-state index contributed by atoms with van der Waals surface area (Å²) in [5.74, 6) is 0.759. The van der Waals surface area contributed by atoms with Crippen molar-refractivity contribution in [2.75, 3.05) is 19.7 Å². The predicted molar refractivity (Wildman–Crippen MR) is 122 cm³/mol. The molecule has 1 amide bonds. The molecule has 1 aliphatic heterocycles. The molecule has 32 heavy (non-hydrogen) atoms. The van der Waals surface area contributed by atoms with E-state index in [2.05, 4.69) is 16.0 Å². The van der Waals surface area contributed by atoms with Crippen LogP contribution in [0.2, 0.25) is 0 Å². The van der Waals surface area contributed by atoms with Crippen LogP contribution in [0.4, 0.5) is 4.79 Å². The van der Waals surface area contributed by atoms with Crippen LogP contribution in [-0.2, 0) is 9.47 Å². The lowest BCUT2D eigenvalue weighted by Gasteiger charge is -2.39. The van der Waals surface area contributed by atoms with Crippen LogP contribution in [-0.4, -0.2) is 58.0 Å². The molecule has 1 aromatic carbocycles. The van der Waals surface area contributed by atoms with Gasteiger partial charge in [-0.15, -0.1) is 0 Å². The number of nitrogens with one attached hydrogen (secondary N) is 1. The number of ether oxygens (including phenoxy) is 3. The molecule has 1 aliphatic carbocycles. The first-order valence-corrected chi connectivity index (χ1v) is 11.1. The second-order valence-electron chi connectivity index (χ2n) is 9.74. The molecule has 3 heterocycles. The van der Waals surface area contributed by atoms with Gasteiger partial charge in [0.25, 0.3) is 0 Å². The molecule has 5 rings (SSSR count). The van der Waals surface area contributed by atoms with Gasteiger partial charge < -0.3 is 24.1 Å². The highest BCUT2D eigenvalue weighted by Crippen LogP contribution is 2.44. The first-order valence-electron chi connectivity index (χ1n) is 11.1. The van der Waals surface area contributed by atoms with E-state index in [0.29, 0.717) is 19.7 Å². The number of benzene rings is 1. The smallest absolute Gasteiger partial charge is 0.410 e. The van der Waals surface area contributed by atoms with Crippen molar-refractivity contribution in [1.29, 1.82) is 0 Å². The third kappa shape index (κ3) is 4.43. The number of H-pyrrole nitrogens is 1. The summed E-state index contributed by atoms with van der Waals surface area (Å²) in [6, 6.07) is 10.0. The van der Waals surface area contributed by atoms with Gasteiger partial charge in [0.2, 0.25) is 0 Å². The zero-order chi connectivity index (χ0) is 22.3. The molecule has 7 heteroatoms. The summed E-state index contributed by atoms with van der Waals surface area (Å²) in [7, 11) is 0. The highest BCUT2D eigenvalue weighted by Gasteiger charge is 2.51. The zero-order valence-electron chi connectivity index (χ0n) is 18.8. The van der Waals surface area contributed by atoms with Gasteiger partial charge in [-0.3, -0.25) is 4.98 Å². The Balaban J connectivity index is 1.35. The number of hydrogen-bond donors (Lipinski definition) is 1. The maximum Gasteiger partial charge on any atom is 0.410 e. The largest absolute Gasteiger partial charge is 0.490 e. The minimum atomic E-state index is -0.525. The van der Waals surface area contributed by atoms with Crippen molar-refractivity contribution >= 4 is 17.0 Å². The second kappa shape index (κ2) is 7.81. The van der Waals surface area contributed by atoms with Crippen LogP contribution in [0.5, 0.6) is 5.75 Å². The number of aromatic nitrogens is 2. The highest BCUT2D eigenvalue weighted by atomic mass is 16.6. The molecule has 168 valence electrons. The summed E-state index contributed by atoms with van der Waals surface area (Å²) in [6.45, 7) is 7.03. The number of fused-ring (bicyclic) bond motifs is 1. The maximum atomic E-state index is 12.7. The molecule has 2 fully saturated rings. The summed E-state index contributed by atoms with van der Waals surface area (Å²) >= 11 is 0. The summed E-state index contributed by atoms with van der Waals surface area (Å²) in [5.41, 5.74) is 2.21. The van der Waals surface area contributed by atoms with Crippen LogP contribution in [0.3, 0.4) is 0 Å². The Labute approximate surface area is 187 Å². The third-order valence-corrected chi connectivity index (χ3v) is 5.82. The normalized spacial score (nSPS) is 19.8. The van der Waals surface area contributed by atoms with Gasteiger partial charge in [0.05, 0.1) is 24.2 Å². The van der Waals surface area contributed by atoms with E-state index in [4.69, 9.17) is 14.2 Å². The summed E-state index contributed by atoms with van der Waals surface area (Å²) in [4.78, 5) is 22.1. The Morgan fingerprint density at radius 1 is 1.28 bits per heavy atom. The Bertz CT molecular complexity index is 1120. The van der Waals surface area contributed by atoms with Gasteiger partial charge in [-0.05, 0) is 75.1 Å². The fourth-order valence-electron chi connectivity index (χ4n) is 4.18. The van der Waals surface area contributed by atoms with Crippen LogP contribution < -0.4 is 4.74 Å². The van der Waals surface area contributed by atoms with Crippen LogP contribution in [0.1, 0.15) is 33.6 Å². The minimum Gasteiger partial charge on any atom is -0.490 e. The molecule has 1 saturated heterocycles. The van der Waals surface area contributed by atoms with Crippen molar-refractivity contribution in [2.45, 2.75) is 50.9 Å². The lowest BCUT2D eigenvalue weighted by Crippen LogP contribution is -2.54. The van der Waals surface area contributed by atoms with Crippen molar-refractivity contribution in [1.82, 2.24) is 14.9 Å². The molecule has 7 nitrogen and oxygen atoms in total. The lowest BCUT2D eigenvalue weighted by molar-refractivity contribution is -0.113. The number of nitrogens with zero attached hydrogens (tertiary/aromatic N) is 2.